The van der Waals surface area contributed by atoms with Gasteiger partial charge < -0.3 is 81.2 Å². The third-order valence-electron chi connectivity index (χ3n) is 11.1. The van der Waals surface area contributed by atoms with Gasteiger partial charge in [0.1, 0.15) is 48.3 Å². The lowest BCUT2D eigenvalue weighted by Gasteiger charge is -2.31. The van der Waals surface area contributed by atoms with Gasteiger partial charge in [0, 0.05) is 19.5 Å². The van der Waals surface area contributed by atoms with Gasteiger partial charge in [-0.1, -0.05) is 13.8 Å². The second-order valence-electron chi connectivity index (χ2n) is 17.3. The normalized spacial score (nSPS) is 16.8. The van der Waals surface area contributed by atoms with E-state index in [-0.39, 0.29) is 70.5 Å². The highest BCUT2D eigenvalue weighted by atomic mass is 16.4. The summed E-state index contributed by atoms with van der Waals surface area (Å²) in [7, 11) is 0. The van der Waals surface area contributed by atoms with Crippen molar-refractivity contribution < 1.29 is 53.1 Å². The first-order valence-corrected chi connectivity index (χ1v) is 23.1. The van der Waals surface area contributed by atoms with E-state index in [4.69, 9.17) is 34.1 Å². The Hall–Kier alpha value is -6.15. The maximum absolute atomic E-state index is 14.1. The lowest BCUT2D eigenvalue weighted by atomic mass is 10.0. The number of guanidine groups is 1. The Balaban J connectivity index is 3.26. The van der Waals surface area contributed by atoms with E-state index < -0.39 is 119 Å². The molecule has 1 fully saturated rings. The van der Waals surface area contributed by atoms with Gasteiger partial charge in [0.15, 0.2) is 5.96 Å². The average Bonchev–Trinajstić information content (AvgIpc) is 3.76. The average molecular weight is 968 g/mol. The van der Waals surface area contributed by atoms with Gasteiger partial charge in [0.05, 0.1) is 6.04 Å². The Morgan fingerprint density at radius 3 is 1.65 bits per heavy atom. The Labute approximate surface area is 397 Å². The first kappa shape index (κ1) is 59.9. The number of nitrogens with two attached hydrogens (primary N) is 5. The first-order valence-electron chi connectivity index (χ1n) is 23.1. The number of carboxylic acids is 1. The van der Waals surface area contributed by atoms with Gasteiger partial charge >= 0.3 is 5.97 Å². The predicted molar refractivity (Wildman–Crippen MR) is 249 cm³/mol. The molecule has 0 aromatic heterocycles. The van der Waals surface area contributed by atoms with E-state index in [0.29, 0.717) is 38.6 Å². The molecule has 0 aliphatic carbocycles. The molecule has 9 amide bonds. The lowest BCUT2D eigenvalue weighted by molar-refractivity contribution is -0.142. The number of primary amides is 1. The van der Waals surface area contributed by atoms with Crippen molar-refractivity contribution in [3.63, 3.8) is 0 Å². The molecule has 9 atom stereocenters. The van der Waals surface area contributed by atoms with E-state index in [1.807, 2.05) is 0 Å². The Morgan fingerprint density at radius 1 is 0.618 bits per heavy atom. The van der Waals surface area contributed by atoms with Crippen LogP contribution >= 0.6 is 0 Å². The largest absolute Gasteiger partial charge is 0.480 e. The molecule has 1 aliphatic rings. The number of aliphatic carboxylic acids is 1. The van der Waals surface area contributed by atoms with E-state index in [2.05, 4.69) is 42.5 Å². The second-order valence-corrected chi connectivity index (χ2v) is 17.3. The molecule has 0 radical (unpaired) electrons. The van der Waals surface area contributed by atoms with Crippen LogP contribution in [-0.4, -0.2) is 156 Å². The number of carbonyl (C=O) groups excluding carboxylic acids is 9. The molecule has 1 heterocycles. The lowest BCUT2D eigenvalue weighted by Crippen LogP contribution is -2.60. The number of hydrogen-bond donors (Lipinski definition) is 15. The molecule has 386 valence electrons. The van der Waals surface area contributed by atoms with Gasteiger partial charge in [0.2, 0.25) is 53.2 Å². The molecule has 1 saturated heterocycles. The summed E-state index contributed by atoms with van der Waals surface area (Å²) in [5.74, 6) is -8.73. The standard InChI is InChI=1S/C42H77N15O11/c1-22(2)32(39(65)51-24(4)34(60)50-25(5)35(61)55-29(41(67)68)16-17-31(46)58)56-37(63)26(12-6-8-18-43)52-36(62)27(14-10-20-49-42(47)48)53-38(64)30-15-11-21-57(30)40(66)28(13-7-9-19-44)54-33(59)23(3)45/h22-30,32H,6-21,43-45H2,1-5H3,(H2,46,58)(H,50,60)(H,51,65)(H,52,62)(H,53,64)(H,54,59)(H,55,61)(H,56,63)(H,67,68)(H4,47,48,49)/t23-,24-,25-,26-,27+,28-,29-,30-,32-/m0/s1. The molecule has 0 bridgehead atoms. The van der Waals surface area contributed by atoms with Crippen LogP contribution in [0.15, 0.2) is 0 Å². The minimum atomic E-state index is -1.45. The molecule has 0 spiro atoms. The fourth-order valence-corrected chi connectivity index (χ4v) is 7.06. The minimum Gasteiger partial charge on any atom is -0.480 e. The van der Waals surface area contributed by atoms with Gasteiger partial charge in [0.25, 0.3) is 0 Å². The Bertz CT molecular complexity index is 1750. The molecular formula is C42H77N15O11. The summed E-state index contributed by atoms with van der Waals surface area (Å²) in [6, 6.07) is -10.6. The van der Waals surface area contributed by atoms with Crippen molar-refractivity contribution in [2.75, 3.05) is 26.2 Å². The number of amides is 9. The zero-order valence-electron chi connectivity index (χ0n) is 40.0. The fourth-order valence-electron chi connectivity index (χ4n) is 7.06. The number of carbonyl (C=O) groups is 10. The second kappa shape index (κ2) is 31.0. The van der Waals surface area contributed by atoms with Crippen molar-refractivity contribution in [2.24, 2.45) is 34.6 Å². The molecule has 0 saturated carbocycles. The summed E-state index contributed by atoms with van der Waals surface area (Å²) in [4.78, 5) is 132. The molecule has 1 aliphatic heterocycles. The highest BCUT2D eigenvalue weighted by Crippen LogP contribution is 2.21. The zero-order valence-corrected chi connectivity index (χ0v) is 40.0. The predicted octanol–water partition coefficient (Wildman–Crippen LogP) is -4.71. The molecule has 68 heavy (non-hydrogen) atoms. The third kappa shape index (κ3) is 21.6. The minimum absolute atomic E-state index is 0.00844. The molecule has 1 rings (SSSR count). The molecular weight excluding hydrogens is 891 g/mol. The van der Waals surface area contributed by atoms with Gasteiger partial charge in [-0.15, -0.1) is 0 Å². The van der Waals surface area contributed by atoms with Crippen LogP contribution in [-0.2, 0) is 47.9 Å². The summed E-state index contributed by atoms with van der Waals surface area (Å²) in [6.45, 7) is 8.36. The number of carboxylic acid groups (broad SMARTS) is 1. The van der Waals surface area contributed by atoms with Crippen molar-refractivity contribution in [1.82, 2.24) is 47.4 Å². The third-order valence-corrected chi connectivity index (χ3v) is 11.1. The van der Waals surface area contributed by atoms with Gasteiger partial charge in [-0.25, -0.2) is 4.79 Å². The maximum Gasteiger partial charge on any atom is 0.326 e. The van der Waals surface area contributed by atoms with Crippen LogP contribution in [0, 0.1) is 11.3 Å². The van der Waals surface area contributed by atoms with Crippen molar-refractivity contribution in [3.05, 3.63) is 0 Å². The van der Waals surface area contributed by atoms with Crippen molar-refractivity contribution >= 4 is 65.1 Å². The van der Waals surface area contributed by atoms with E-state index in [1.165, 1.54) is 25.7 Å². The molecule has 20 N–H and O–H groups in total. The topological polar surface area (TPSA) is 444 Å². The van der Waals surface area contributed by atoms with Crippen molar-refractivity contribution in [2.45, 2.75) is 166 Å². The Kier molecular flexibility index (Phi) is 27.3. The van der Waals surface area contributed by atoms with Crippen molar-refractivity contribution in [3.8, 4) is 0 Å². The molecule has 0 aromatic rings. The first-order chi connectivity index (χ1) is 31.9. The number of nitrogens with zero attached hydrogens (tertiary/aromatic N) is 1. The van der Waals surface area contributed by atoms with E-state index in [0.717, 1.165) is 0 Å². The van der Waals surface area contributed by atoms with Crippen LogP contribution in [0.1, 0.15) is 112 Å². The summed E-state index contributed by atoms with van der Waals surface area (Å²) in [5.41, 5.74) is 27.7. The number of unbranched alkanes of at least 4 members (excludes halogenated alkanes) is 2. The maximum atomic E-state index is 14.1. The summed E-state index contributed by atoms with van der Waals surface area (Å²) in [5, 5.41) is 37.4. The van der Waals surface area contributed by atoms with Crippen molar-refractivity contribution in [1.29, 1.82) is 5.41 Å². The molecule has 26 heteroatoms. The molecule has 26 nitrogen and oxygen atoms in total. The zero-order chi connectivity index (χ0) is 51.7. The SMILES string of the molecule is CC(C)[C@H](NC(=O)[C@H](CCCCN)NC(=O)[C@@H](CCCNC(=N)N)NC(=O)[C@@H]1CCCN1C(=O)[C@H](CCCCN)NC(=O)[C@H](C)N)C(=O)N[C@@H](C)C(=O)N[C@@H](C)C(=O)N[C@@H](CCC(N)=O)C(=O)O. The van der Waals surface area contributed by atoms with Crippen LogP contribution in [0.25, 0.3) is 0 Å². The van der Waals surface area contributed by atoms with E-state index in [9.17, 15) is 53.1 Å². The quantitative estimate of drug-likeness (QED) is 0.0171. The van der Waals surface area contributed by atoms with Gasteiger partial charge in [-0.3, -0.25) is 48.6 Å². The highest BCUT2D eigenvalue weighted by molar-refractivity contribution is 5.98. The number of rotatable bonds is 32. The van der Waals surface area contributed by atoms with Crippen LogP contribution < -0.4 is 71.2 Å². The highest BCUT2D eigenvalue weighted by Gasteiger charge is 2.40. The van der Waals surface area contributed by atoms with Crippen LogP contribution in [0.4, 0.5) is 0 Å². The monoisotopic (exact) mass is 968 g/mol. The molecule has 0 unspecified atom stereocenters. The Morgan fingerprint density at radius 2 is 1.12 bits per heavy atom. The van der Waals surface area contributed by atoms with Crippen LogP contribution in [0.5, 0.6) is 0 Å². The summed E-state index contributed by atoms with van der Waals surface area (Å²) in [6.07, 6.45) is 2.67. The summed E-state index contributed by atoms with van der Waals surface area (Å²) >= 11 is 0. The fraction of sp³-hybridized carbons (Fsp3) is 0.738. The number of likely N-dealkylation sites (tertiary alicyclic amines) is 1. The number of hydrogen-bond acceptors (Lipinski definition) is 14. The van der Waals surface area contributed by atoms with Crippen LogP contribution in [0.2, 0.25) is 0 Å². The molecule has 0 aromatic carbocycles. The number of nitrogens with one attached hydrogen (secondary N) is 9. The van der Waals surface area contributed by atoms with E-state index in [1.54, 1.807) is 13.8 Å². The van der Waals surface area contributed by atoms with Gasteiger partial charge in [-0.05, 0) is 110 Å². The summed E-state index contributed by atoms with van der Waals surface area (Å²) < 4.78 is 0. The van der Waals surface area contributed by atoms with Gasteiger partial charge in [-0.2, -0.15) is 0 Å². The smallest absolute Gasteiger partial charge is 0.326 e. The van der Waals surface area contributed by atoms with Crippen LogP contribution in [0.3, 0.4) is 0 Å². The van der Waals surface area contributed by atoms with E-state index >= 15 is 0 Å².